The second-order valence-electron chi connectivity index (χ2n) is 3.79. The fourth-order valence-corrected chi connectivity index (χ4v) is 2.48. The van der Waals surface area contributed by atoms with Crippen LogP contribution in [0.4, 0.5) is 5.69 Å². The Bertz CT molecular complexity index is 647. The molecule has 0 bridgehead atoms. The van der Waals surface area contributed by atoms with Crippen LogP contribution in [-0.2, 0) is 6.54 Å². The van der Waals surface area contributed by atoms with E-state index in [9.17, 15) is 0 Å². The number of thiazole rings is 1. The van der Waals surface area contributed by atoms with Gasteiger partial charge < -0.3 is 5.32 Å². The first-order chi connectivity index (χ1) is 9.31. The van der Waals surface area contributed by atoms with Crippen molar-refractivity contribution in [3.05, 3.63) is 52.6 Å². The lowest BCUT2D eigenvalue weighted by Crippen LogP contribution is -2.00. The Kier molecular flexibility index (Phi) is 3.43. The summed E-state index contributed by atoms with van der Waals surface area (Å²) in [7, 11) is 0. The van der Waals surface area contributed by atoms with Gasteiger partial charge in [-0.2, -0.15) is 0 Å². The van der Waals surface area contributed by atoms with Crippen LogP contribution in [0, 0.1) is 0 Å². The minimum atomic E-state index is 0.642. The Morgan fingerprint density at radius 1 is 1.26 bits per heavy atom. The minimum absolute atomic E-state index is 0.642. The van der Waals surface area contributed by atoms with Crippen LogP contribution >= 0.6 is 22.9 Å². The van der Waals surface area contributed by atoms with Gasteiger partial charge in [-0.15, -0.1) is 11.3 Å². The van der Waals surface area contributed by atoms with Crippen molar-refractivity contribution in [3.8, 4) is 5.82 Å². The highest BCUT2D eigenvalue weighted by molar-refractivity contribution is 7.15. The van der Waals surface area contributed by atoms with Gasteiger partial charge in [0.1, 0.15) is 21.5 Å². The van der Waals surface area contributed by atoms with E-state index in [2.05, 4.69) is 20.3 Å². The molecule has 0 saturated heterocycles. The minimum Gasteiger partial charge on any atom is -0.377 e. The van der Waals surface area contributed by atoms with E-state index in [-0.39, 0.29) is 0 Å². The predicted molar refractivity (Wildman–Crippen MR) is 75.8 cm³/mol. The topological polar surface area (TPSA) is 55.6 Å². The second kappa shape index (κ2) is 5.38. The van der Waals surface area contributed by atoms with Crippen LogP contribution in [0.15, 0.2) is 43.2 Å². The third-order valence-electron chi connectivity index (χ3n) is 2.49. The van der Waals surface area contributed by atoms with Crippen molar-refractivity contribution in [2.45, 2.75) is 6.54 Å². The number of nitrogens with one attached hydrogen (secondary N) is 1. The second-order valence-corrected chi connectivity index (χ2v) is 5.53. The lowest BCUT2D eigenvalue weighted by molar-refractivity contribution is 0.990. The molecule has 0 atom stereocenters. The van der Waals surface area contributed by atoms with Gasteiger partial charge in [0.25, 0.3) is 0 Å². The third-order valence-corrected chi connectivity index (χ3v) is 3.60. The summed E-state index contributed by atoms with van der Waals surface area (Å²) in [5.74, 6) is 0.834. The third kappa shape index (κ3) is 2.91. The molecular formula is C12H10ClN5S. The van der Waals surface area contributed by atoms with E-state index in [4.69, 9.17) is 11.6 Å². The summed E-state index contributed by atoms with van der Waals surface area (Å²) < 4.78 is 2.55. The number of pyridine rings is 1. The lowest BCUT2D eigenvalue weighted by Gasteiger charge is -2.05. The molecule has 0 radical (unpaired) electrons. The number of imidazole rings is 1. The molecule has 0 saturated carbocycles. The molecule has 3 rings (SSSR count). The van der Waals surface area contributed by atoms with Crippen molar-refractivity contribution < 1.29 is 0 Å². The van der Waals surface area contributed by atoms with Gasteiger partial charge >= 0.3 is 0 Å². The number of hydrogen-bond donors (Lipinski definition) is 1. The van der Waals surface area contributed by atoms with E-state index in [1.165, 1.54) is 11.3 Å². The average molecular weight is 292 g/mol. The maximum atomic E-state index is 5.83. The first-order valence-electron chi connectivity index (χ1n) is 5.60. The number of halogens is 1. The van der Waals surface area contributed by atoms with Gasteiger partial charge in [0.05, 0.1) is 24.6 Å². The molecule has 96 valence electrons. The van der Waals surface area contributed by atoms with Crippen molar-refractivity contribution in [1.29, 1.82) is 0 Å². The van der Waals surface area contributed by atoms with Gasteiger partial charge in [-0.05, 0) is 12.1 Å². The summed E-state index contributed by atoms with van der Waals surface area (Å²) >= 11 is 7.29. The molecule has 3 heterocycles. The normalized spacial score (nSPS) is 10.6. The molecular weight excluding hydrogens is 282 g/mol. The quantitative estimate of drug-likeness (QED) is 0.803. The van der Waals surface area contributed by atoms with Gasteiger partial charge in [0.15, 0.2) is 0 Å². The molecule has 0 spiro atoms. The van der Waals surface area contributed by atoms with Crippen LogP contribution in [0.2, 0.25) is 4.34 Å². The van der Waals surface area contributed by atoms with Crippen LogP contribution < -0.4 is 5.32 Å². The first-order valence-corrected chi connectivity index (χ1v) is 6.79. The smallest absolute Gasteiger partial charge is 0.137 e. The summed E-state index contributed by atoms with van der Waals surface area (Å²) in [5, 5.41) is 4.20. The molecule has 3 aromatic heterocycles. The summed E-state index contributed by atoms with van der Waals surface area (Å²) in [6.07, 6.45) is 8.73. The summed E-state index contributed by atoms with van der Waals surface area (Å²) in [6.45, 7) is 0.642. The van der Waals surface area contributed by atoms with Gasteiger partial charge in [-0.3, -0.25) is 4.57 Å². The largest absolute Gasteiger partial charge is 0.377 e. The van der Waals surface area contributed by atoms with Crippen LogP contribution in [0.25, 0.3) is 5.82 Å². The maximum absolute atomic E-state index is 5.83. The monoisotopic (exact) mass is 291 g/mol. The molecule has 19 heavy (non-hydrogen) atoms. The number of nitrogens with zero attached hydrogens (tertiary/aromatic N) is 4. The Morgan fingerprint density at radius 3 is 2.84 bits per heavy atom. The molecule has 0 amide bonds. The molecule has 0 unspecified atom stereocenters. The van der Waals surface area contributed by atoms with Gasteiger partial charge in [0, 0.05) is 12.4 Å². The van der Waals surface area contributed by atoms with Crippen LogP contribution in [-0.4, -0.2) is 19.5 Å². The van der Waals surface area contributed by atoms with Crippen LogP contribution in [0.5, 0.6) is 0 Å². The average Bonchev–Trinajstić information content (AvgIpc) is 3.08. The number of rotatable bonds is 4. The molecule has 0 aliphatic rings. The first kappa shape index (κ1) is 12.1. The Balaban J connectivity index is 1.66. The van der Waals surface area contributed by atoms with Crippen molar-refractivity contribution in [1.82, 2.24) is 19.5 Å². The highest BCUT2D eigenvalue weighted by Crippen LogP contribution is 2.19. The highest BCUT2D eigenvalue weighted by Gasteiger charge is 2.01. The molecule has 0 aromatic carbocycles. The van der Waals surface area contributed by atoms with E-state index in [1.807, 2.05) is 22.9 Å². The zero-order valence-corrected chi connectivity index (χ0v) is 11.4. The molecule has 1 N–H and O–H groups in total. The zero-order valence-electron chi connectivity index (χ0n) is 9.82. The lowest BCUT2D eigenvalue weighted by atomic mass is 10.4. The Hall–Kier alpha value is -1.92. The molecule has 3 aromatic rings. The van der Waals surface area contributed by atoms with Crippen molar-refractivity contribution in [2.24, 2.45) is 0 Å². The Morgan fingerprint density at radius 2 is 2.21 bits per heavy atom. The van der Waals surface area contributed by atoms with Crippen LogP contribution in [0.3, 0.4) is 0 Å². The predicted octanol–water partition coefficient (Wildman–Crippen LogP) is 2.99. The van der Waals surface area contributed by atoms with Crippen LogP contribution in [0.1, 0.15) is 5.01 Å². The van der Waals surface area contributed by atoms with Gasteiger partial charge in [-0.1, -0.05) is 11.6 Å². The van der Waals surface area contributed by atoms with Crippen molar-refractivity contribution >= 4 is 28.6 Å². The van der Waals surface area contributed by atoms with E-state index < -0.39 is 0 Å². The standard InChI is InChI=1S/C12H10ClN5S/c13-10-6-17-12(19-10)7-15-9-1-2-11(16-5-9)18-4-3-14-8-18/h1-6,8,15H,7H2. The van der Waals surface area contributed by atoms with E-state index in [0.717, 1.165) is 16.5 Å². The number of aromatic nitrogens is 4. The van der Waals surface area contributed by atoms with E-state index in [0.29, 0.717) is 10.9 Å². The fraction of sp³-hybridized carbons (Fsp3) is 0.0833. The summed E-state index contributed by atoms with van der Waals surface area (Å²) in [4.78, 5) is 12.5. The van der Waals surface area contributed by atoms with Gasteiger partial charge in [0.2, 0.25) is 0 Å². The number of anilines is 1. The molecule has 0 fully saturated rings. The summed E-state index contributed by atoms with van der Waals surface area (Å²) in [5.41, 5.74) is 0.940. The molecule has 0 aliphatic carbocycles. The van der Waals surface area contributed by atoms with E-state index >= 15 is 0 Å². The van der Waals surface area contributed by atoms with Crippen molar-refractivity contribution in [2.75, 3.05) is 5.32 Å². The zero-order chi connectivity index (χ0) is 13.1. The molecule has 0 aliphatic heterocycles. The van der Waals surface area contributed by atoms with Gasteiger partial charge in [-0.25, -0.2) is 15.0 Å². The molecule has 5 nitrogen and oxygen atoms in total. The SMILES string of the molecule is Clc1cnc(CNc2ccc(-n3ccnc3)nc2)s1. The maximum Gasteiger partial charge on any atom is 0.137 e. The fourth-order valence-electron chi connectivity index (χ4n) is 1.59. The van der Waals surface area contributed by atoms with E-state index in [1.54, 1.807) is 24.9 Å². The Labute approximate surface area is 118 Å². The summed E-state index contributed by atoms with van der Waals surface area (Å²) in [6, 6.07) is 3.90. The molecule has 7 heteroatoms. The highest BCUT2D eigenvalue weighted by atomic mass is 35.5. The number of hydrogen-bond acceptors (Lipinski definition) is 5. The van der Waals surface area contributed by atoms with Crippen molar-refractivity contribution in [3.63, 3.8) is 0 Å².